The third kappa shape index (κ3) is 4.70. The van der Waals surface area contributed by atoms with Gasteiger partial charge in [0.2, 0.25) is 0 Å². The van der Waals surface area contributed by atoms with E-state index in [0.29, 0.717) is 39.6 Å². The Bertz CT molecular complexity index is 355. The monoisotopic (exact) mass is 390 g/mol. The third-order valence-electron chi connectivity index (χ3n) is 5.34. The van der Waals surface area contributed by atoms with Crippen LogP contribution in [0, 0.1) is 0 Å². The summed E-state index contributed by atoms with van der Waals surface area (Å²) in [5, 5.41) is 0. The van der Waals surface area contributed by atoms with Crippen molar-refractivity contribution < 1.29 is 26.6 Å². The van der Waals surface area contributed by atoms with Gasteiger partial charge in [0.15, 0.2) is 0 Å². The van der Waals surface area contributed by atoms with E-state index in [9.17, 15) is 0 Å². The second kappa shape index (κ2) is 8.42. The van der Waals surface area contributed by atoms with Gasteiger partial charge in [0.05, 0.1) is 39.6 Å². The predicted molar refractivity (Wildman–Crippen MR) is 94.3 cm³/mol. The molecule has 0 radical (unpaired) electrons. The minimum absolute atomic E-state index is 0.703. The van der Waals surface area contributed by atoms with E-state index in [-0.39, 0.29) is 0 Å². The molecule has 0 aromatic rings. The molecule has 6 aliphatic heterocycles. The van der Waals surface area contributed by atoms with Crippen molar-refractivity contribution >= 4 is 17.6 Å². The fourth-order valence-electron chi connectivity index (χ4n) is 3.86. The van der Waals surface area contributed by atoms with Crippen LogP contribution in [0.2, 0.25) is 12.1 Å². The highest BCUT2D eigenvalue weighted by atomic mass is 28.4. The standard InChI is InChI=1S/C15H30N2O6Si2/c1(14-24-18-8-2-16(3-9-19-24)4-10-20-24)15-25-21-11-5-17(6-12-22-25)7-13-23-25/h1-15H2. The second-order valence-corrected chi connectivity index (χ2v) is 12.5. The molecule has 0 aromatic carbocycles. The molecule has 6 aliphatic rings. The molecule has 6 fully saturated rings. The molecule has 25 heavy (non-hydrogen) atoms. The maximum atomic E-state index is 6.12. The molecular formula is C15H30N2O6Si2. The average Bonchev–Trinajstić information content (AvgIpc) is 2.48. The van der Waals surface area contributed by atoms with Crippen LogP contribution in [0.25, 0.3) is 0 Å². The lowest BCUT2D eigenvalue weighted by molar-refractivity contribution is -0.0123. The normalized spacial score (nSPS) is 42.7. The second-order valence-electron chi connectivity index (χ2n) is 6.99. The summed E-state index contributed by atoms with van der Waals surface area (Å²) < 4.78 is 36.7. The fraction of sp³-hybridized carbons (Fsp3) is 1.00. The van der Waals surface area contributed by atoms with Gasteiger partial charge in [-0.3, -0.25) is 9.80 Å². The van der Waals surface area contributed by atoms with Crippen LogP contribution in [-0.4, -0.2) is 106 Å². The molecule has 4 bridgehead atoms. The Kier molecular flexibility index (Phi) is 6.22. The van der Waals surface area contributed by atoms with E-state index >= 15 is 0 Å². The summed E-state index contributed by atoms with van der Waals surface area (Å²) in [7, 11) is -5.12. The summed E-state index contributed by atoms with van der Waals surface area (Å²) >= 11 is 0. The molecular weight excluding hydrogens is 360 g/mol. The third-order valence-corrected chi connectivity index (χ3v) is 11.1. The lowest BCUT2D eigenvalue weighted by Gasteiger charge is -2.40. The largest absolute Gasteiger partial charge is 0.501 e. The highest BCUT2D eigenvalue weighted by Crippen LogP contribution is 2.28. The fourth-order valence-corrected chi connectivity index (χ4v) is 9.21. The molecule has 0 aromatic heterocycles. The first-order chi connectivity index (χ1) is 12.3. The predicted octanol–water partition coefficient (Wildman–Crippen LogP) is 0.0123. The molecule has 6 heterocycles. The van der Waals surface area contributed by atoms with Crippen molar-refractivity contribution in [1.82, 2.24) is 9.80 Å². The van der Waals surface area contributed by atoms with Gasteiger partial charge in [-0.25, -0.2) is 0 Å². The van der Waals surface area contributed by atoms with Crippen LogP contribution in [0.5, 0.6) is 0 Å². The maximum absolute atomic E-state index is 6.12. The highest BCUT2D eigenvalue weighted by Gasteiger charge is 2.47. The summed E-state index contributed by atoms with van der Waals surface area (Å²) in [5.74, 6) is 0. The van der Waals surface area contributed by atoms with Crippen LogP contribution in [0.4, 0.5) is 0 Å². The molecule has 0 atom stereocenters. The van der Waals surface area contributed by atoms with Crippen LogP contribution in [0.1, 0.15) is 6.42 Å². The van der Waals surface area contributed by atoms with Crippen molar-refractivity contribution in [3.8, 4) is 0 Å². The van der Waals surface area contributed by atoms with E-state index in [1.54, 1.807) is 0 Å². The van der Waals surface area contributed by atoms with Crippen molar-refractivity contribution in [2.75, 3.05) is 78.9 Å². The molecule has 0 N–H and O–H groups in total. The van der Waals surface area contributed by atoms with Crippen LogP contribution in [0.3, 0.4) is 0 Å². The van der Waals surface area contributed by atoms with Crippen molar-refractivity contribution in [3.05, 3.63) is 0 Å². The van der Waals surface area contributed by atoms with Gasteiger partial charge >= 0.3 is 17.6 Å². The van der Waals surface area contributed by atoms with Gasteiger partial charge in [0, 0.05) is 51.4 Å². The molecule has 10 heteroatoms. The molecule has 6 saturated heterocycles. The topological polar surface area (TPSA) is 61.9 Å². The van der Waals surface area contributed by atoms with E-state index in [1.807, 2.05) is 0 Å². The van der Waals surface area contributed by atoms with Gasteiger partial charge in [0.1, 0.15) is 0 Å². The van der Waals surface area contributed by atoms with E-state index < -0.39 is 17.6 Å². The van der Waals surface area contributed by atoms with E-state index in [0.717, 1.165) is 57.8 Å². The van der Waals surface area contributed by atoms with Crippen molar-refractivity contribution in [2.45, 2.75) is 18.5 Å². The molecule has 144 valence electrons. The van der Waals surface area contributed by atoms with Gasteiger partial charge in [-0.15, -0.1) is 0 Å². The number of hydrogen-bond donors (Lipinski definition) is 0. The molecule has 0 saturated carbocycles. The summed E-state index contributed by atoms with van der Waals surface area (Å²) in [5.41, 5.74) is 0. The highest BCUT2D eigenvalue weighted by molar-refractivity contribution is 6.62. The van der Waals surface area contributed by atoms with Gasteiger partial charge in [0.25, 0.3) is 0 Å². The summed E-state index contributed by atoms with van der Waals surface area (Å²) in [6, 6.07) is 1.65. The molecule has 0 amide bonds. The molecule has 0 aliphatic carbocycles. The Labute approximate surface area is 152 Å². The summed E-state index contributed by atoms with van der Waals surface area (Å²) in [4.78, 5) is 4.68. The first kappa shape index (κ1) is 18.5. The van der Waals surface area contributed by atoms with Crippen LogP contribution >= 0.6 is 0 Å². The number of rotatable bonds is 4. The maximum Gasteiger partial charge on any atom is 0.501 e. The zero-order valence-electron chi connectivity index (χ0n) is 15.0. The summed E-state index contributed by atoms with van der Waals surface area (Å²) in [6.45, 7) is 10.1. The van der Waals surface area contributed by atoms with Crippen LogP contribution < -0.4 is 0 Å². The molecule has 0 spiro atoms. The van der Waals surface area contributed by atoms with E-state index in [2.05, 4.69) is 9.80 Å². The molecule has 0 unspecified atom stereocenters. The molecule has 6 rings (SSSR count). The average molecular weight is 391 g/mol. The zero-order chi connectivity index (χ0) is 17.0. The number of fused-ring (bicyclic) bond motifs is 12. The minimum Gasteiger partial charge on any atom is -0.372 e. The zero-order valence-corrected chi connectivity index (χ0v) is 17.0. The van der Waals surface area contributed by atoms with Crippen molar-refractivity contribution in [3.63, 3.8) is 0 Å². The van der Waals surface area contributed by atoms with Crippen molar-refractivity contribution in [2.24, 2.45) is 0 Å². The summed E-state index contributed by atoms with van der Waals surface area (Å²) in [6.07, 6.45) is 0.909. The number of nitrogens with zero attached hydrogens (tertiary/aromatic N) is 2. The van der Waals surface area contributed by atoms with Crippen LogP contribution in [0.15, 0.2) is 0 Å². The first-order valence-electron chi connectivity index (χ1n) is 9.56. The number of hydrogen-bond acceptors (Lipinski definition) is 8. The Morgan fingerprint density at radius 1 is 0.480 bits per heavy atom. The lowest BCUT2D eigenvalue weighted by atomic mass is 10.4. The van der Waals surface area contributed by atoms with Gasteiger partial charge in [-0.05, 0) is 6.42 Å². The van der Waals surface area contributed by atoms with E-state index in [1.165, 1.54) is 0 Å². The molecule has 8 nitrogen and oxygen atoms in total. The van der Waals surface area contributed by atoms with E-state index in [4.69, 9.17) is 26.6 Å². The van der Waals surface area contributed by atoms with Crippen LogP contribution in [-0.2, 0) is 26.6 Å². The van der Waals surface area contributed by atoms with Crippen molar-refractivity contribution in [1.29, 1.82) is 0 Å². The quantitative estimate of drug-likeness (QED) is 0.623. The minimum atomic E-state index is -2.56. The Morgan fingerprint density at radius 3 is 1.04 bits per heavy atom. The Balaban J connectivity index is 1.34. The first-order valence-corrected chi connectivity index (χ1v) is 13.4. The smallest absolute Gasteiger partial charge is 0.372 e. The lowest BCUT2D eigenvalue weighted by Crippen LogP contribution is -2.56. The van der Waals surface area contributed by atoms with Gasteiger partial charge < -0.3 is 26.6 Å². The SMILES string of the molecule is C(C[Si]12OCCN(CCO1)CCO2)C[Si]12OCCN(CCO1)CCO2. The van der Waals surface area contributed by atoms with Gasteiger partial charge in [-0.1, -0.05) is 0 Å². The Hall–Kier alpha value is 0.114. The van der Waals surface area contributed by atoms with Gasteiger partial charge in [-0.2, -0.15) is 0 Å². The Morgan fingerprint density at radius 2 is 0.760 bits per heavy atom.